The number of benzene rings is 2. The van der Waals surface area contributed by atoms with Crippen LogP contribution in [0.3, 0.4) is 0 Å². The Morgan fingerprint density at radius 1 is 0.960 bits per heavy atom. The second-order valence-electron chi connectivity index (χ2n) is 5.17. The molecule has 0 spiro atoms. The first-order valence-corrected chi connectivity index (χ1v) is 7.73. The number of esters is 1. The van der Waals surface area contributed by atoms with Crippen LogP contribution >= 0.6 is 0 Å². The summed E-state index contributed by atoms with van der Waals surface area (Å²) in [5, 5.41) is 11.0. The summed E-state index contributed by atoms with van der Waals surface area (Å²) in [6.07, 6.45) is 0. The highest BCUT2D eigenvalue weighted by Gasteiger charge is 2.08. The number of hydrogen-bond donors (Lipinski definition) is 1. The van der Waals surface area contributed by atoms with Gasteiger partial charge in [-0.2, -0.15) is 0 Å². The maximum atomic E-state index is 11.4. The van der Waals surface area contributed by atoms with Crippen molar-refractivity contribution < 1.29 is 14.3 Å². The predicted molar refractivity (Wildman–Crippen MR) is 93.7 cm³/mol. The third-order valence-corrected chi connectivity index (χ3v) is 3.46. The Balaban J connectivity index is 1.68. The predicted octanol–water partition coefficient (Wildman–Crippen LogP) is 3.67. The van der Waals surface area contributed by atoms with Crippen LogP contribution in [0.4, 0.5) is 5.82 Å². The number of rotatable bonds is 6. The van der Waals surface area contributed by atoms with Gasteiger partial charge in [-0.3, -0.25) is 0 Å². The van der Waals surface area contributed by atoms with Gasteiger partial charge in [-0.05, 0) is 30.3 Å². The number of nitrogens with one attached hydrogen (secondary N) is 1. The molecular weight excluding hydrogens is 318 g/mol. The minimum absolute atomic E-state index is 0.167. The number of carbonyl (C=O) groups excluding carboxylic acids is 1. The lowest BCUT2D eigenvalue weighted by Gasteiger charge is -2.12. The number of anilines is 1. The first kappa shape index (κ1) is 16.4. The van der Waals surface area contributed by atoms with E-state index in [1.807, 2.05) is 54.6 Å². The van der Waals surface area contributed by atoms with Crippen molar-refractivity contribution in [2.45, 2.75) is 6.54 Å². The quantitative estimate of drug-likeness (QED) is 0.693. The van der Waals surface area contributed by atoms with Crippen LogP contribution in [0.2, 0.25) is 0 Å². The zero-order chi connectivity index (χ0) is 17.5. The maximum absolute atomic E-state index is 11.4. The van der Waals surface area contributed by atoms with Crippen LogP contribution in [0, 0.1) is 0 Å². The number of aromatic nitrogens is 2. The topological polar surface area (TPSA) is 73.3 Å². The van der Waals surface area contributed by atoms with E-state index >= 15 is 0 Å². The third-order valence-electron chi connectivity index (χ3n) is 3.46. The van der Waals surface area contributed by atoms with Crippen molar-refractivity contribution in [2.24, 2.45) is 0 Å². The summed E-state index contributed by atoms with van der Waals surface area (Å²) in [6.45, 7) is 0.509. The zero-order valence-electron chi connectivity index (χ0n) is 13.7. The Kier molecular flexibility index (Phi) is 5.21. The van der Waals surface area contributed by atoms with Gasteiger partial charge in [-0.15, -0.1) is 10.2 Å². The molecule has 25 heavy (non-hydrogen) atoms. The van der Waals surface area contributed by atoms with E-state index in [-0.39, 0.29) is 5.69 Å². The largest absolute Gasteiger partial charge is 0.464 e. The number of para-hydroxylation sites is 2. The molecule has 0 bridgehead atoms. The van der Waals surface area contributed by atoms with Gasteiger partial charge >= 0.3 is 5.97 Å². The molecule has 2 aromatic carbocycles. The summed E-state index contributed by atoms with van der Waals surface area (Å²) in [4.78, 5) is 11.4. The molecule has 0 aliphatic carbocycles. The number of ether oxygens (including phenoxy) is 2. The summed E-state index contributed by atoms with van der Waals surface area (Å²) in [5.41, 5.74) is 1.14. The van der Waals surface area contributed by atoms with Gasteiger partial charge in [-0.25, -0.2) is 4.79 Å². The van der Waals surface area contributed by atoms with Crippen molar-refractivity contribution in [1.82, 2.24) is 10.2 Å². The van der Waals surface area contributed by atoms with Crippen LogP contribution in [0.25, 0.3) is 0 Å². The standard InChI is InChI=1S/C19H17N3O3/c1-24-19(23)16-11-12-18(22-21-16)20-13-14-7-5-6-10-17(14)25-15-8-3-2-4-9-15/h2-12H,13H2,1H3,(H,20,22). The number of hydrogen-bond acceptors (Lipinski definition) is 6. The minimum Gasteiger partial charge on any atom is -0.464 e. The van der Waals surface area contributed by atoms with Gasteiger partial charge in [-0.1, -0.05) is 36.4 Å². The molecule has 0 atom stereocenters. The van der Waals surface area contributed by atoms with E-state index in [4.69, 9.17) is 4.74 Å². The highest BCUT2D eigenvalue weighted by molar-refractivity contribution is 5.86. The van der Waals surface area contributed by atoms with Crippen molar-refractivity contribution in [3.8, 4) is 11.5 Å². The van der Waals surface area contributed by atoms with Crippen molar-refractivity contribution in [3.63, 3.8) is 0 Å². The number of nitrogens with zero attached hydrogens (tertiary/aromatic N) is 2. The van der Waals surface area contributed by atoms with E-state index in [1.54, 1.807) is 12.1 Å². The molecule has 0 radical (unpaired) electrons. The average Bonchev–Trinajstić information content (AvgIpc) is 2.68. The molecule has 0 aliphatic rings. The fraction of sp³-hybridized carbons (Fsp3) is 0.105. The van der Waals surface area contributed by atoms with E-state index < -0.39 is 5.97 Å². The van der Waals surface area contributed by atoms with E-state index in [0.717, 1.165) is 17.1 Å². The smallest absolute Gasteiger partial charge is 0.358 e. The SMILES string of the molecule is COC(=O)c1ccc(NCc2ccccc2Oc2ccccc2)nn1. The van der Waals surface area contributed by atoms with Crippen LogP contribution in [0.15, 0.2) is 66.7 Å². The fourth-order valence-corrected chi connectivity index (χ4v) is 2.19. The van der Waals surface area contributed by atoms with Gasteiger partial charge in [0, 0.05) is 12.1 Å². The normalized spacial score (nSPS) is 10.1. The molecule has 3 rings (SSSR count). The highest BCUT2D eigenvalue weighted by atomic mass is 16.5. The van der Waals surface area contributed by atoms with Gasteiger partial charge in [0.15, 0.2) is 5.69 Å². The van der Waals surface area contributed by atoms with E-state index in [0.29, 0.717) is 12.4 Å². The van der Waals surface area contributed by atoms with Gasteiger partial charge in [0.2, 0.25) is 0 Å². The molecule has 0 aliphatic heterocycles. The van der Waals surface area contributed by atoms with Gasteiger partial charge in [0.25, 0.3) is 0 Å². The summed E-state index contributed by atoms with van der Waals surface area (Å²) in [5.74, 6) is 1.58. The molecule has 1 heterocycles. The molecular formula is C19H17N3O3. The zero-order valence-corrected chi connectivity index (χ0v) is 13.7. The molecule has 0 saturated carbocycles. The van der Waals surface area contributed by atoms with Crippen LogP contribution < -0.4 is 10.1 Å². The van der Waals surface area contributed by atoms with E-state index in [9.17, 15) is 4.79 Å². The Bertz CT molecular complexity index is 836. The highest BCUT2D eigenvalue weighted by Crippen LogP contribution is 2.25. The van der Waals surface area contributed by atoms with Gasteiger partial charge in [0.1, 0.15) is 17.3 Å². The number of methoxy groups -OCH3 is 1. The molecule has 0 unspecified atom stereocenters. The first-order chi connectivity index (χ1) is 12.3. The van der Waals surface area contributed by atoms with Crippen LogP contribution in [0.5, 0.6) is 11.5 Å². The average molecular weight is 335 g/mol. The first-order valence-electron chi connectivity index (χ1n) is 7.73. The Morgan fingerprint density at radius 3 is 2.44 bits per heavy atom. The van der Waals surface area contributed by atoms with Crippen molar-refractivity contribution in [1.29, 1.82) is 0 Å². The lowest BCUT2D eigenvalue weighted by atomic mass is 10.2. The molecule has 1 N–H and O–H groups in total. The fourth-order valence-electron chi connectivity index (χ4n) is 2.19. The lowest BCUT2D eigenvalue weighted by molar-refractivity contribution is 0.0593. The molecule has 0 fully saturated rings. The van der Waals surface area contributed by atoms with Crippen molar-refractivity contribution in [2.75, 3.05) is 12.4 Å². The minimum atomic E-state index is -0.513. The molecule has 3 aromatic rings. The van der Waals surface area contributed by atoms with Crippen molar-refractivity contribution >= 4 is 11.8 Å². The molecule has 1 aromatic heterocycles. The van der Waals surface area contributed by atoms with Crippen molar-refractivity contribution in [3.05, 3.63) is 78.0 Å². The summed E-state index contributed by atoms with van der Waals surface area (Å²) in [7, 11) is 1.31. The molecule has 0 amide bonds. The van der Waals surface area contributed by atoms with E-state index in [1.165, 1.54) is 7.11 Å². The molecule has 126 valence electrons. The lowest BCUT2D eigenvalue weighted by Crippen LogP contribution is -2.08. The van der Waals surface area contributed by atoms with Crippen LogP contribution in [-0.4, -0.2) is 23.3 Å². The second kappa shape index (κ2) is 7.92. The molecule has 6 nitrogen and oxygen atoms in total. The van der Waals surface area contributed by atoms with Crippen LogP contribution in [-0.2, 0) is 11.3 Å². The number of carbonyl (C=O) groups is 1. The Labute approximate surface area is 145 Å². The molecule has 0 saturated heterocycles. The monoisotopic (exact) mass is 335 g/mol. The summed E-state index contributed by atoms with van der Waals surface area (Å²) < 4.78 is 10.5. The van der Waals surface area contributed by atoms with E-state index in [2.05, 4.69) is 20.3 Å². The van der Waals surface area contributed by atoms with Gasteiger partial charge in [0.05, 0.1) is 7.11 Å². The van der Waals surface area contributed by atoms with Crippen LogP contribution in [0.1, 0.15) is 16.1 Å². The Hall–Kier alpha value is -3.41. The summed E-state index contributed by atoms with van der Waals surface area (Å²) in [6, 6.07) is 20.6. The maximum Gasteiger partial charge on any atom is 0.358 e. The summed E-state index contributed by atoms with van der Waals surface area (Å²) >= 11 is 0. The molecule has 6 heteroatoms. The third kappa shape index (κ3) is 4.32. The van der Waals surface area contributed by atoms with Gasteiger partial charge < -0.3 is 14.8 Å². The Morgan fingerprint density at radius 2 is 1.72 bits per heavy atom. The second-order valence-corrected chi connectivity index (χ2v) is 5.17.